The summed E-state index contributed by atoms with van der Waals surface area (Å²) in [5, 5.41) is 0. The minimum absolute atomic E-state index is 0. The first kappa shape index (κ1) is 28.4. The molecule has 0 aromatic carbocycles. The molecule has 0 aliphatic carbocycles. The van der Waals surface area contributed by atoms with Crippen LogP contribution in [0.25, 0.3) is 0 Å². The van der Waals surface area contributed by atoms with E-state index in [0.717, 1.165) is 0 Å². The van der Waals surface area contributed by atoms with E-state index in [-0.39, 0.29) is 98.1 Å². The Morgan fingerprint density at radius 1 is 1.00 bits per heavy atom. The van der Waals surface area contributed by atoms with Crippen LogP contribution in [0.3, 0.4) is 0 Å². The van der Waals surface area contributed by atoms with Gasteiger partial charge in [-0.1, -0.05) is 0 Å². The smallest absolute Gasteiger partial charge is 0 e. The molecule has 0 aromatic rings. The summed E-state index contributed by atoms with van der Waals surface area (Å²) in [6.45, 7) is 0. The summed E-state index contributed by atoms with van der Waals surface area (Å²) in [4.78, 5) is 0. The molecule has 1 N–H and O–H groups in total. The maximum absolute atomic E-state index is 0. The Balaban J connectivity index is 0. The Hall–Kier alpha value is 2.93. The molecule has 0 bridgehead atoms. The van der Waals surface area contributed by atoms with E-state index >= 15 is 0 Å². The van der Waals surface area contributed by atoms with Crippen molar-refractivity contribution in [2.45, 2.75) is 0 Å². The van der Waals surface area contributed by atoms with E-state index in [2.05, 4.69) is 0 Å². The maximum Gasteiger partial charge on any atom is 0 e. The van der Waals surface area contributed by atoms with Crippen LogP contribution in [0.4, 0.5) is 0 Å². The third-order valence-corrected chi connectivity index (χ3v) is 0. The topological polar surface area (TPSA) is 30.0 Å². The van der Waals surface area contributed by atoms with E-state index in [1.165, 1.54) is 0 Å². The van der Waals surface area contributed by atoms with Crippen molar-refractivity contribution in [3.8, 4) is 0 Å². The number of hydrogen-bond acceptors (Lipinski definition) is 1. The van der Waals surface area contributed by atoms with E-state index in [4.69, 9.17) is 0 Å². The van der Waals surface area contributed by atoms with Crippen molar-refractivity contribution < 1.29 is 79.2 Å². The zero-order valence-electron chi connectivity index (χ0n) is 1.89. The molecule has 0 amide bonds. The normalized spacial score (nSPS) is 0. The summed E-state index contributed by atoms with van der Waals surface area (Å²) in [7, 11) is 0. The van der Waals surface area contributed by atoms with E-state index in [9.17, 15) is 0 Å². The van der Waals surface area contributed by atoms with Crippen molar-refractivity contribution in [1.82, 2.24) is 0 Å². The number of hydrogen-bond donors (Lipinski definition) is 0. The van der Waals surface area contributed by atoms with Crippen molar-refractivity contribution in [2.75, 3.05) is 0 Å². The van der Waals surface area contributed by atoms with Gasteiger partial charge in [0.2, 0.25) is 0 Å². The van der Waals surface area contributed by atoms with Crippen molar-refractivity contribution in [3.63, 3.8) is 0 Å². The first-order valence-electron chi connectivity index (χ1n) is 0. The van der Waals surface area contributed by atoms with Crippen LogP contribution in [-0.4, -0.2) is 24.3 Å². The molecular formula is H2KLiNbO. The molecule has 4 heteroatoms. The second-order valence-corrected chi connectivity index (χ2v) is 0. The summed E-state index contributed by atoms with van der Waals surface area (Å²) >= 11 is 0. The van der Waals surface area contributed by atoms with E-state index in [1.54, 1.807) is 0 Å². The van der Waals surface area contributed by atoms with Gasteiger partial charge < -0.3 is 5.48 Å². The van der Waals surface area contributed by atoms with Crippen LogP contribution in [0.5, 0.6) is 0 Å². The van der Waals surface area contributed by atoms with E-state index < -0.39 is 0 Å². The molecule has 0 unspecified atom stereocenters. The van der Waals surface area contributed by atoms with E-state index in [1.807, 2.05) is 0 Å². The van der Waals surface area contributed by atoms with Crippen LogP contribution in [0.1, 0.15) is 0 Å². The van der Waals surface area contributed by atoms with Gasteiger partial charge in [0, 0.05) is 22.4 Å². The molecule has 0 saturated carbocycles. The molecule has 0 heterocycles. The molecule has 0 aromatic heterocycles. The van der Waals surface area contributed by atoms with Crippen molar-refractivity contribution in [2.24, 2.45) is 0 Å². The van der Waals surface area contributed by atoms with Crippen LogP contribution in [0.15, 0.2) is 0 Å². The Morgan fingerprint density at radius 2 is 1.00 bits per heavy atom. The zero-order valence-corrected chi connectivity index (χ0v) is 7.22. The molecule has 0 rings (SSSR count). The van der Waals surface area contributed by atoms with Crippen LogP contribution < -0.4 is 51.4 Å². The standard InChI is InChI=1S/K.Li.Nb.H2O.H/h;;;1H2;/q+1;;;;/p-1. The molecule has 0 aliphatic rings. The molecule has 1 nitrogen and oxygen atoms in total. The Bertz CT molecular complexity index is 8.00. The van der Waals surface area contributed by atoms with Gasteiger partial charge in [0.1, 0.15) is 0 Å². The molecular weight excluding hydrogens is 155 g/mol. The predicted molar refractivity (Wildman–Crippen MR) is 9.08 cm³/mol. The monoisotopic (exact) mass is 157 g/mol. The average molecular weight is 157 g/mol. The summed E-state index contributed by atoms with van der Waals surface area (Å²) in [6.07, 6.45) is 0. The van der Waals surface area contributed by atoms with Gasteiger partial charge >= 0.3 is 70.2 Å². The minimum Gasteiger partial charge on any atom is -0.870 e. The van der Waals surface area contributed by atoms with Crippen LogP contribution in [0, 0.1) is 0 Å². The van der Waals surface area contributed by atoms with Crippen LogP contribution >= 0.6 is 0 Å². The first-order chi connectivity index (χ1) is 0. The third-order valence-electron chi connectivity index (χ3n) is 0. The third kappa shape index (κ3) is 8.87. The Labute approximate surface area is 95.7 Å². The van der Waals surface area contributed by atoms with Gasteiger partial charge in [-0.15, -0.1) is 0 Å². The molecule has 15 valence electrons. The molecule has 1 radical (unpaired) electrons. The SMILES string of the molecule is [K+].[LiH].[Nb].[OH-]. The zero-order chi connectivity index (χ0) is 0. The summed E-state index contributed by atoms with van der Waals surface area (Å²) in [5.41, 5.74) is 0. The fraction of sp³-hybridized carbons (Fsp3) is 0. The fourth-order valence-corrected chi connectivity index (χ4v) is 0. The van der Waals surface area contributed by atoms with Crippen molar-refractivity contribution >= 4 is 18.9 Å². The predicted octanol–water partition coefficient (Wildman–Crippen LogP) is -3.82. The first-order valence-corrected chi connectivity index (χ1v) is 0. The second-order valence-electron chi connectivity index (χ2n) is 0. The minimum atomic E-state index is 0. The van der Waals surface area contributed by atoms with Gasteiger partial charge in [0.25, 0.3) is 0 Å². The van der Waals surface area contributed by atoms with Gasteiger partial charge in [-0.3, -0.25) is 0 Å². The molecule has 0 saturated heterocycles. The molecule has 0 spiro atoms. The number of rotatable bonds is 0. The van der Waals surface area contributed by atoms with Crippen molar-refractivity contribution in [1.29, 1.82) is 0 Å². The largest absolute Gasteiger partial charge is 0.870 e. The summed E-state index contributed by atoms with van der Waals surface area (Å²) in [6, 6.07) is 0. The van der Waals surface area contributed by atoms with Gasteiger partial charge in [0.15, 0.2) is 0 Å². The van der Waals surface area contributed by atoms with Crippen LogP contribution in [0.2, 0.25) is 0 Å². The van der Waals surface area contributed by atoms with Gasteiger partial charge in [-0.2, -0.15) is 0 Å². The molecule has 0 aliphatic heterocycles. The summed E-state index contributed by atoms with van der Waals surface area (Å²) in [5.74, 6) is 0. The fourth-order valence-electron chi connectivity index (χ4n) is 0. The van der Waals surface area contributed by atoms with Gasteiger partial charge in [0.05, 0.1) is 0 Å². The summed E-state index contributed by atoms with van der Waals surface area (Å²) < 4.78 is 0. The Kier molecular flexibility index (Phi) is 119. The molecule has 4 heavy (non-hydrogen) atoms. The maximum atomic E-state index is 0. The van der Waals surface area contributed by atoms with Gasteiger partial charge in [-0.05, 0) is 0 Å². The van der Waals surface area contributed by atoms with E-state index in [0.29, 0.717) is 0 Å². The molecule has 0 atom stereocenters. The average Bonchev–Trinajstić information content (AvgIpc) is 0. The van der Waals surface area contributed by atoms with Crippen molar-refractivity contribution in [3.05, 3.63) is 0 Å². The Morgan fingerprint density at radius 3 is 1.00 bits per heavy atom. The van der Waals surface area contributed by atoms with Gasteiger partial charge in [-0.25, -0.2) is 0 Å². The molecule has 0 fully saturated rings. The quantitative estimate of drug-likeness (QED) is 0.331. The van der Waals surface area contributed by atoms with Crippen LogP contribution in [-0.2, 0) is 22.4 Å². The second kappa shape index (κ2) is 16.8.